The van der Waals surface area contributed by atoms with E-state index in [9.17, 15) is 4.79 Å². The number of anilines is 1. The first-order valence-corrected chi connectivity index (χ1v) is 11.8. The van der Waals surface area contributed by atoms with Gasteiger partial charge in [-0.05, 0) is 54.8 Å². The Kier molecular flexibility index (Phi) is 5.68. The van der Waals surface area contributed by atoms with Gasteiger partial charge in [0.15, 0.2) is 11.7 Å². The van der Waals surface area contributed by atoms with E-state index in [4.69, 9.17) is 16.0 Å². The minimum atomic E-state index is -0.385. The van der Waals surface area contributed by atoms with E-state index in [1.165, 1.54) is 5.69 Å². The summed E-state index contributed by atoms with van der Waals surface area (Å²) in [6.45, 7) is 5.02. The summed E-state index contributed by atoms with van der Waals surface area (Å²) in [5, 5.41) is 0.715. The molecule has 5 nitrogen and oxygen atoms in total. The third-order valence-corrected chi connectivity index (χ3v) is 7.22. The molecule has 1 aromatic heterocycles. The van der Waals surface area contributed by atoms with E-state index in [2.05, 4.69) is 39.0 Å². The number of benzene rings is 2. The highest BCUT2D eigenvalue weighted by Crippen LogP contribution is 2.43. The number of amides is 1. The van der Waals surface area contributed by atoms with Gasteiger partial charge in [-0.2, -0.15) is 0 Å². The van der Waals surface area contributed by atoms with Gasteiger partial charge in [-0.3, -0.25) is 4.79 Å². The predicted octanol–water partition coefficient (Wildman–Crippen LogP) is 5.46. The number of halogens is 1. The number of piperazine rings is 1. The second-order valence-electron chi connectivity index (χ2n) is 8.87. The van der Waals surface area contributed by atoms with Crippen molar-refractivity contribution in [3.63, 3.8) is 0 Å². The summed E-state index contributed by atoms with van der Waals surface area (Å²) >= 11 is 6.10. The first-order chi connectivity index (χ1) is 15.5. The number of carbonyl (C=O) groups excluding carboxylic acids is 1. The summed E-state index contributed by atoms with van der Waals surface area (Å²) in [5.41, 5.74) is 2.92. The van der Waals surface area contributed by atoms with Crippen LogP contribution < -0.4 is 4.90 Å². The fraction of sp³-hybridized carbons (Fsp3) is 0.385. The number of hydrogen-bond acceptors (Lipinski definition) is 4. The van der Waals surface area contributed by atoms with Crippen molar-refractivity contribution in [3.05, 3.63) is 71.2 Å². The highest BCUT2D eigenvalue weighted by Gasteiger charge is 2.45. The first-order valence-electron chi connectivity index (χ1n) is 11.4. The Bertz CT molecular complexity index is 1080. The average molecular weight is 450 g/mol. The summed E-state index contributed by atoms with van der Waals surface area (Å²) in [7, 11) is 0. The van der Waals surface area contributed by atoms with E-state index in [0.717, 1.165) is 68.7 Å². The van der Waals surface area contributed by atoms with Crippen LogP contribution >= 0.6 is 11.6 Å². The minimum Gasteiger partial charge on any atom is -0.441 e. The quantitative estimate of drug-likeness (QED) is 0.530. The van der Waals surface area contributed by atoms with E-state index >= 15 is 0 Å². The zero-order chi connectivity index (χ0) is 22.1. The molecule has 0 bridgehead atoms. The lowest BCUT2D eigenvalue weighted by molar-refractivity contribution is -0.137. The molecular formula is C26H28ClN3O2. The summed E-state index contributed by atoms with van der Waals surface area (Å²) < 4.78 is 5.62. The highest BCUT2D eigenvalue weighted by atomic mass is 35.5. The van der Waals surface area contributed by atoms with Crippen LogP contribution in [0.3, 0.4) is 0 Å². The van der Waals surface area contributed by atoms with Gasteiger partial charge in [-0.25, -0.2) is 4.98 Å². The average Bonchev–Trinajstić information content (AvgIpc) is 3.50. The molecule has 1 aliphatic carbocycles. The molecule has 0 unspecified atom stereocenters. The van der Waals surface area contributed by atoms with Crippen LogP contribution in [0.5, 0.6) is 0 Å². The van der Waals surface area contributed by atoms with Crippen molar-refractivity contribution in [3.8, 4) is 11.3 Å². The number of oxazole rings is 1. The lowest BCUT2D eigenvalue weighted by Crippen LogP contribution is -2.54. The van der Waals surface area contributed by atoms with Crippen LogP contribution in [0.2, 0.25) is 5.02 Å². The van der Waals surface area contributed by atoms with E-state index in [1.807, 2.05) is 31.2 Å². The maximum atomic E-state index is 13.7. The molecule has 1 amide bonds. The molecular weight excluding hydrogens is 422 g/mol. The molecule has 1 saturated heterocycles. The van der Waals surface area contributed by atoms with Gasteiger partial charge in [0.05, 0.1) is 11.6 Å². The topological polar surface area (TPSA) is 49.6 Å². The van der Waals surface area contributed by atoms with Gasteiger partial charge in [0.25, 0.3) is 0 Å². The van der Waals surface area contributed by atoms with E-state index < -0.39 is 0 Å². The van der Waals surface area contributed by atoms with Gasteiger partial charge in [-0.1, -0.05) is 36.6 Å². The lowest BCUT2D eigenvalue weighted by atomic mass is 9.77. The Labute approximate surface area is 194 Å². The van der Waals surface area contributed by atoms with E-state index in [1.54, 1.807) is 6.20 Å². The third-order valence-electron chi connectivity index (χ3n) is 6.97. The number of aryl methyl sites for hydroxylation is 1. The minimum absolute atomic E-state index is 0.285. The van der Waals surface area contributed by atoms with Crippen LogP contribution in [0.25, 0.3) is 11.3 Å². The molecule has 2 fully saturated rings. The molecule has 5 rings (SSSR count). The van der Waals surface area contributed by atoms with Gasteiger partial charge >= 0.3 is 0 Å². The lowest BCUT2D eigenvalue weighted by Gasteiger charge is -2.41. The van der Waals surface area contributed by atoms with Gasteiger partial charge in [-0.15, -0.1) is 0 Å². The van der Waals surface area contributed by atoms with Crippen LogP contribution in [0.4, 0.5) is 5.69 Å². The van der Waals surface area contributed by atoms with Crippen molar-refractivity contribution < 1.29 is 9.21 Å². The molecule has 2 aliphatic rings. The second kappa shape index (κ2) is 8.62. The highest BCUT2D eigenvalue weighted by molar-refractivity contribution is 6.30. The van der Waals surface area contributed by atoms with Crippen LogP contribution in [-0.4, -0.2) is 42.0 Å². The third kappa shape index (κ3) is 3.90. The maximum Gasteiger partial charge on any atom is 0.233 e. The summed E-state index contributed by atoms with van der Waals surface area (Å²) in [4.78, 5) is 22.3. The van der Waals surface area contributed by atoms with Crippen LogP contribution in [-0.2, 0) is 10.2 Å². The van der Waals surface area contributed by atoms with Crippen molar-refractivity contribution in [2.75, 3.05) is 31.1 Å². The maximum absolute atomic E-state index is 13.7. The molecule has 32 heavy (non-hydrogen) atoms. The van der Waals surface area contributed by atoms with E-state index in [-0.39, 0.29) is 11.3 Å². The fourth-order valence-corrected chi connectivity index (χ4v) is 5.30. The predicted molar refractivity (Wildman–Crippen MR) is 127 cm³/mol. The number of nitrogens with zero attached hydrogens (tertiary/aromatic N) is 3. The number of aromatic nitrogens is 1. The Morgan fingerprint density at radius 1 is 0.969 bits per heavy atom. The number of rotatable bonds is 4. The summed E-state index contributed by atoms with van der Waals surface area (Å²) in [6, 6.07) is 16.3. The second-order valence-corrected chi connectivity index (χ2v) is 9.30. The largest absolute Gasteiger partial charge is 0.441 e. The van der Waals surface area contributed by atoms with Crippen molar-refractivity contribution >= 4 is 23.2 Å². The molecule has 1 saturated carbocycles. The molecule has 2 aromatic carbocycles. The Balaban J connectivity index is 1.26. The molecule has 1 aliphatic heterocycles. The Morgan fingerprint density at radius 2 is 1.62 bits per heavy atom. The zero-order valence-electron chi connectivity index (χ0n) is 18.4. The van der Waals surface area contributed by atoms with Gasteiger partial charge < -0.3 is 14.2 Å². The SMILES string of the molecule is Cc1ncc(-c2ccc(N3CCN(C(=O)C4(c5ccc(Cl)cc5)CCCC4)CC3)cc2)o1. The van der Waals surface area contributed by atoms with Crippen LogP contribution in [0, 0.1) is 6.92 Å². The molecule has 0 N–H and O–H groups in total. The van der Waals surface area contributed by atoms with Crippen LogP contribution in [0.15, 0.2) is 59.1 Å². The Morgan fingerprint density at radius 3 is 2.22 bits per heavy atom. The van der Waals surface area contributed by atoms with Crippen LogP contribution in [0.1, 0.15) is 37.1 Å². The monoisotopic (exact) mass is 449 g/mol. The molecule has 0 radical (unpaired) electrons. The molecule has 2 heterocycles. The fourth-order valence-electron chi connectivity index (χ4n) is 5.18. The summed E-state index contributed by atoms with van der Waals surface area (Å²) in [6.07, 6.45) is 5.82. The van der Waals surface area contributed by atoms with Crippen molar-refractivity contribution in [1.29, 1.82) is 0 Å². The molecule has 6 heteroatoms. The molecule has 3 aromatic rings. The normalized spacial score (nSPS) is 18.2. The van der Waals surface area contributed by atoms with Crippen molar-refractivity contribution in [2.24, 2.45) is 0 Å². The van der Waals surface area contributed by atoms with E-state index in [0.29, 0.717) is 10.9 Å². The standard InChI is InChI=1S/C26H28ClN3O2/c1-19-28-18-24(32-19)20-4-10-23(11-5-20)29-14-16-30(17-15-29)25(31)26(12-2-3-13-26)21-6-8-22(27)9-7-21/h4-11,18H,2-3,12-17H2,1H3. The molecule has 166 valence electrons. The van der Waals surface area contributed by atoms with Gasteiger partial charge in [0, 0.05) is 49.4 Å². The van der Waals surface area contributed by atoms with Crippen molar-refractivity contribution in [1.82, 2.24) is 9.88 Å². The number of hydrogen-bond donors (Lipinski definition) is 0. The Hall–Kier alpha value is -2.79. The first kappa shape index (κ1) is 21.1. The molecule has 0 spiro atoms. The van der Waals surface area contributed by atoms with Gasteiger partial charge in [0.2, 0.25) is 5.91 Å². The van der Waals surface area contributed by atoms with Crippen molar-refractivity contribution in [2.45, 2.75) is 38.0 Å². The summed E-state index contributed by atoms with van der Waals surface area (Å²) in [5.74, 6) is 1.74. The number of carbonyl (C=O) groups is 1. The zero-order valence-corrected chi connectivity index (χ0v) is 19.1. The van der Waals surface area contributed by atoms with Gasteiger partial charge in [0.1, 0.15) is 0 Å². The molecule has 0 atom stereocenters. The smallest absolute Gasteiger partial charge is 0.233 e.